The molecule has 2 unspecified atom stereocenters. The maximum absolute atomic E-state index is 12.7. The molecule has 2 aliphatic heterocycles. The van der Waals surface area contributed by atoms with Gasteiger partial charge in [-0.1, -0.05) is 0 Å². The van der Waals surface area contributed by atoms with Crippen molar-refractivity contribution >= 4 is 5.91 Å². The summed E-state index contributed by atoms with van der Waals surface area (Å²) in [5.41, 5.74) is 0. The summed E-state index contributed by atoms with van der Waals surface area (Å²) in [5.74, 6) is -0.223. The van der Waals surface area contributed by atoms with Crippen molar-refractivity contribution < 1.29 is 9.18 Å². The number of hydrogen-bond donors (Lipinski definition) is 1. The van der Waals surface area contributed by atoms with Crippen molar-refractivity contribution in [3.8, 4) is 0 Å². The zero-order valence-corrected chi connectivity index (χ0v) is 7.37. The first kappa shape index (κ1) is 7.74. The van der Waals surface area contributed by atoms with E-state index in [2.05, 4.69) is 5.32 Å². The molecule has 0 aromatic heterocycles. The summed E-state index contributed by atoms with van der Waals surface area (Å²) in [6, 6.07) is 0.720. The molecule has 1 amide bonds. The SMILES string of the molecule is O=C(C1CC1F)N1[C@@H]2CNC[C@H]1C2. The quantitative estimate of drug-likeness (QED) is 0.618. The number of alkyl halides is 1. The van der Waals surface area contributed by atoms with Crippen LogP contribution in [-0.2, 0) is 4.79 Å². The lowest BCUT2D eigenvalue weighted by molar-refractivity contribution is -0.149. The number of piperazine rings is 1. The minimum Gasteiger partial charge on any atom is -0.334 e. The Balaban J connectivity index is 1.69. The average molecular weight is 184 g/mol. The predicted octanol–water partition coefficient (Wildman–Crippen LogP) is -0.0829. The van der Waals surface area contributed by atoms with Crippen LogP contribution in [0.5, 0.6) is 0 Å². The molecule has 3 rings (SSSR count). The molecule has 2 heterocycles. The molecule has 3 nitrogen and oxygen atoms in total. The van der Waals surface area contributed by atoms with Crippen LogP contribution in [-0.4, -0.2) is 42.2 Å². The van der Waals surface area contributed by atoms with Crippen LogP contribution in [0.2, 0.25) is 0 Å². The van der Waals surface area contributed by atoms with Crippen molar-refractivity contribution in [2.24, 2.45) is 5.92 Å². The fraction of sp³-hybridized carbons (Fsp3) is 0.889. The molecular weight excluding hydrogens is 171 g/mol. The third-order valence-corrected chi connectivity index (χ3v) is 3.38. The van der Waals surface area contributed by atoms with Gasteiger partial charge >= 0.3 is 0 Å². The van der Waals surface area contributed by atoms with Crippen LogP contribution in [0.4, 0.5) is 4.39 Å². The first-order valence-electron chi connectivity index (χ1n) is 4.94. The first-order valence-corrected chi connectivity index (χ1v) is 4.94. The van der Waals surface area contributed by atoms with Crippen LogP contribution < -0.4 is 5.32 Å². The smallest absolute Gasteiger partial charge is 0.229 e. The molecule has 1 saturated carbocycles. The Labute approximate surface area is 76.3 Å². The molecule has 3 fully saturated rings. The van der Waals surface area contributed by atoms with Gasteiger partial charge in [-0.25, -0.2) is 4.39 Å². The summed E-state index contributed by atoms with van der Waals surface area (Å²) in [5, 5.41) is 3.25. The van der Waals surface area contributed by atoms with Gasteiger partial charge in [0, 0.05) is 25.2 Å². The maximum atomic E-state index is 12.7. The van der Waals surface area contributed by atoms with Gasteiger partial charge < -0.3 is 10.2 Å². The van der Waals surface area contributed by atoms with E-state index in [1.807, 2.05) is 4.90 Å². The summed E-state index contributed by atoms with van der Waals surface area (Å²) < 4.78 is 12.7. The number of nitrogens with zero attached hydrogens (tertiary/aromatic N) is 1. The summed E-state index contributed by atoms with van der Waals surface area (Å²) in [6.45, 7) is 1.79. The highest BCUT2D eigenvalue weighted by molar-refractivity contribution is 5.83. The Morgan fingerprint density at radius 2 is 1.92 bits per heavy atom. The number of piperidine rings is 1. The monoisotopic (exact) mass is 184 g/mol. The van der Waals surface area contributed by atoms with E-state index < -0.39 is 6.17 Å². The molecular formula is C9H13FN2O. The molecule has 1 aliphatic carbocycles. The topological polar surface area (TPSA) is 32.3 Å². The molecule has 3 aliphatic rings. The van der Waals surface area contributed by atoms with E-state index in [0.29, 0.717) is 18.5 Å². The minimum absolute atomic E-state index is 0.0650. The molecule has 1 N–H and O–H groups in total. The number of fused-ring (bicyclic) bond motifs is 2. The van der Waals surface area contributed by atoms with Crippen molar-refractivity contribution in [2.75, 3.05) is 13.1 Å². The number of nitrogens with one attached hydrogen (secondary N) is 1. The van der Waals surface area contributed by atoms with Gasteiger partial charge in [0.05, 0.1) is 5.92 Å². The molecule has 0 aromatic rings. The van der Waals surface area contributed by atoms with Gasteiger partial charge in [0.1, 0.15) is 6.17 Å². The second-order valence-corrected chi connectivity index (χ2v) is 4.31. The lowest BCUT2D eigenvalue weighted by Gasteiger charge is -2.53. The Bertz CT molecular complexity index is 244. The van der Waals surface area contributed by atoms with Crippen molar-refractivity contribution in [3.05, 3.63) is 0 Å². The highest BCUT2D eigenvalue weighted by Crippen LogP contribution is 2.40. The normalized spacial score (nSPS) is 47.0. The van der Waals surface area contributed by atoms with Crippen LogP contribution in [0.25, 0.3) is 0 Å². The molecule has 0 aromatic carbocycles. The number of halogens is 1. The van der Waals surface area contributed by atoms with Gasteiger partial charge in [0.15, 0.2) is 0 Å². The number of hydrogen-bond acceptors (Lipinski definition) is 2. The summed E-state index contributed by atoms with van der Waals surface area (Å²) in [6.07, 6.45) is 0.728. The van der Waals surface area contributed by atoms with Gasteiger partial charge in [0.25, 0.3) is 0 Å². The number of rotatable bonds is 1. The van der Waals surface area contributed by atoms with E-state index in [1.54, 1.807) is 0 Å². The molecule has 4 atom stereocenters. The Kier molecular flexibility index (Phi) is 1.45. The molecule has 13 heavy (non-hydrogen) atoms. The van der Waals surface area contributed by atoms with Gasteiger partial charge in [-0.05, 0) is 12.8 Å². The van der Waals surface area contributed by atoms with Crippen LogP contribution in [0, 0.1) is 5.92 Å². The van der Waals surface area contributed by atoms with Gasteiger partial charge in [-0.15, -0.1) is 0 Å². The standard InChI is InChI=1S/C9H13FN2O/c10-8-2-7(8)9(13)12-5-1-6(12)4-11-3-5/h5-8,11H,1-4H2/t5-,6+,7?,8?. The molecule has 4 heteroatoms. The second kappa shape index (κ2) is 2.44. The number of carbonyl (C=O) groups is 1. The second-order valence-electron chi connectivity index (χ2n) is 4.31. The van der Waals surface area contributed by atoms with E-state index >= 15 is 0 Å². The van der Waals surface area contributed by atoms with Crippen LogP contribution >= 0.6 is 0 Å². The van der Waals surface area contributed by atoms with Gasteiger partial charge in [-0.2, -0.15) is 0 Å². The van der Waals surface area contributed by atoms with Crippen molar-refractivity contribution in [3.63, 3.8) is 0 Å². The average Bonchev–Trinajstić information content (AvgIpc) is 2.84. The third-order valence-electron chi connectivity index (χ3n) is 3.38. The fourth-order valence-corrected chi connectivity index (χ4v) is 2.45. The number of carbonyl (C=O) groups excluding carboxylic acids is 1. The van der Waals surface area contributed by atoms with Crippen LogP contribution in [0.1, 0.15) is 12.8 Å². The first-order chi connectivity index (χ1) is 6.27. The fourth-order valence-electron chi connectivity index (χ4n) is 2.45. The van der Waals surface area contributed by atoms with Crippen molar-refractivity contribution in [1.29, 1.82) is 0 Å². The molecule has 72 valence electrons. The summed E-state index contributed by atoms with van der Waals surface area (Å²) in [4.78, 5) is 13.6. The van der Waals surface area contributed by atoms with E-state index in [-0.39, 0.29) is 11.8 Å². The highest BCUT2D eigenvalue weighted by Gasteiger charge is 2.52. The van der Waals surface area contributed by atoms with E-state index in [4.69, 9.17) is 0 Å². The van der Waals surface area contributed by atoms with Gasteiger partial charge in [-0.3, -0.25) is 4.79 Å². The lowest BCUT2D eigenvalue weighted by Crippen LogP contribution is -2.69. The Morgan fingerprint density at radius 1 is 1.31 bits per heavy atom. The molecule has 2 saturated heterocycles. The zero-order valence-electron chi connectivity index (χ0n) is 7.37. The van der Waals surface area contributed by atoms with Crippen molar-refractivity contribution in [2.45, 2.75) is 31.1 Å². The van der Waals surface area contributed by atoms with Crippen LogP contribution in [0.15, 0.2) is 0 Å². The zero-order chi connectivity index (χ0) is 9.00. The summed E-state index contributed by atoms with van der Waals surface area (Å²) >= 11 is 0. The molecule has 2 bridgehead atoms. The van der Waals surface area contributed by atoms with Gasteiger partial charge in [0.2, 0.25) is 5.91 Å². The molecule has 0 radical (unpaired) electrons. The summed E-state index contributed by atoms with van der Waals surface area (Å²) in [7, 11) is 0. The lowest BCUT2D eigenvalue weighted by atomic mass is 9.88. The van der Waals surface area contributed by atoms with Crippen LogP contribution in [0.3, 0.4) is 0 Å². The Hall–Kier alpha value is -0.640. The molecule has 0 spiro atoms. The predicted molar refractivity (Wildman–Crippen MR) is 44.9 cm³/mol. The van der Waals surface area contributed by atoms with E-state index in [9.17, 15) is 9.18 Å². The minimum atomic E-state index is -0.846. The number of amides is 1. The van der Waals surface area contributed by atoms with E-state index in [1.165, 1.54) is 0 Å². The van der Waals surface area contributed by atoms with Crippen molar-refractivity contribution in [1.82, 2.24) is 10.2 Å². The Morgan fingerprint density at radius 3 is 2.38 bits per heavy atom. The largest absolute Gasteiger partial charge is 0.334 e. The maximum Gasteiger partial charge on any atom is 0.229 e. The third kappa shape index (κ3) is 1.01. The highest BCUT2D eigenvalue weighted by atomic mass is 19.1. The van der Waals surface area contributed by atoms with E-state index in [0.717, 1.165) is 19.5 Å².